The van der Waals surface area contributed by atoms with Gasteiger partial charge in [0, 0.05) is 13.5 Å². The Bertz CT molecular complexity index is 699. The molecule has 132 valence electrons. The second-order valence-corrected chi connectivity index (χ2v) is 8.85. The first kappa shape index (κ1) is 17.4. The first-order valence-electron chi connectivity index (χ1n) is 8.69. The fourth-order valence-electron chi connectivity index (χ4n) is 3.72. The van der Waals surface area contributed by atoms with Crippen molar-refractivity contribution in [3.63, 3.8) is 0 Å². The Hall–Kier alpha value is -1.47. The van der Waals surface area contributed by atoms with Gasteiger partial charge in [0.25, 0.3) is 0 Å². The highest BCUT2D eigenvalue weighted by atomic mass is 32.2. The number of hydrogen-bond donors (Lipinski definition) is 1. The molecule has 1 aliphatic heterocycles. The third kappa shape index (κ3) is 3.62. The minimum atomic E-state index is -3.25. The number of nitrogens with zero attached hydrogens (tertiary/aromatic N) is 2. The van der Waals surface area contributed by atoms with E-state index in [0.29, 0.717) is 13.1 Å². The smallest absolute Gasteiger partial charge is 0.217 e. The van der Waals surface area contributed by atoms with Gasteiger partial charge < -0.3 is 5.32 Å². The maximum atomic E-state index is 13.0. The molecule has 24 heavy (non-hydrogen) atoms. The largest absolute Gasteiger partial charge is 0.351 e. The molecule has 1 aliphatic carbocycles. The van der Waals surface area contributed by atoms with Gasteiger partial charge in [-0.25, -0.2) is 8.42 Å². The summed E-state index contributed by atoms with van der Waals surface area (Å²) < 4.78 is 27.6. The number of carbonyl (C=O) groups excluding carboxylic acids is 1. The lowest BCUT2D eigenvalue weighted by Gasteiger charge is -2.27. The van der Waals surface area contributed by atoms with Crippen LogP contribution >= 0.6 is 0 Å². The average Bonchev–Trinajstić information content (AvgIpc) is 3.24. The third-order valence-corrected chi connectivity index (χ3v) is 7.35. The van der Waals surface area contributed by atoms with E-state index >= 15 is 0 Å². The van der Waals surface area contributed by atoms with Gasteiger partial charge in [0.1, 0.15) is 0 Å². The van der Waals surface area contributed by atoms with Crippen molar-refractivity contribution >= 4 is 15.9 Å². The van der Waals surface area contributed by atoms with Crippen LogP contribution in [0.3, 0.4) is 0 Å². The van der Waals surface area contributed by atoms with Crippen LogP contribution in [0.5, 0.6) is 0 Å². The molecule has 7 heteroatoms. The van der Waals surface area contributed by atoms with Crippen molar-refractivity contribution < 1.29 is 13.2 Å². The van der Waals surface area contributed by atoms with Crippen LogP contribution in [0.25, 0.3) is 0 Å². The second kappa shape index (κ2) is 7.19. The van der Waals surface area contributed by atoms with Gasteiger partial charge in [0.05, 0.1) is 29.2 Å². The van der Waals surface area contributed by atoms with Crippen LogP contribution in [0.15, 0.2) is 18.2 Å². The van der Waals surface area contributed by atoms with Crippen LogP contribution in [0.1, 0.15) is 62.9 Å². The summed E-state index contributed by atoms with van der Waals surface area (Å²) >= 11 is 0. The summed E-state index contributed by atoms with van der Waals surface area (Å²) in [5.41, 5.74) is 1.55. The van der Waals surface area contributed by atoms with Gasteiger partial charge in [-0.1, -0.05) is 18.9 Å². The molecule has 0 spiro atoms. The van der Waals surface area contributed by atoms with E-state index in [0.717, 1.165) is 49.9 Å². The molecule has 1 aromatic heterocycles. The van der Waals surface area contributed by atoms with Crippen LogP contribution in [0.2, 0.25) is 0 Å². The van der Waals surface area contributed by atoms with Gasteiger partial charge >= 0.3 is 0 Å². The van der Waals surface area contributed by atoms with Crippen molar-refractivity contribution in [2.75, 3.05) is 6.54 Å². The number of aromatic nitrogens is 1. The zero-order valence-electron chi connectivity index (χ0n) is 14.1. The zero-order valence-corrected chi connectivity index (χ0v) is 14.9. The molecule has 1 atom stereocenters. The molecule has 3 rings (SSSR count). The maximum absolute atomic E-state index is 13.0. The van der Waals surface area contributed by atoms with Crippen molar-refractivity contribution in [1.29, 1.82) is 0 Å². The summed E-state index contributed by atoms with van der Waals surface area (Å²) in [7, 11) is -3.25. The second-order valence-electron chi connectivity index (χ2n) is 6.68. The summed E-state index contributed by atoms with van der Waals surface area (Å²) in [4.78, 5) is 15.7. The van der Waals surface area contributed by atoms with Crippen LogP contribution in [-0.2, 0) is 21.4 Å². The number of amides is 1. The van der Waals surface area contributed by atoms with Crippen LogP contribution in [0.4, 0.5) is 0 Å². The lowest BCUT2D eigenvalue weighted by atomic mass is 10.1. The van der Waals surface area contributed by atoms with Crippen molar-refractivity contribution in [1.82, 2.24) is 14.6 Å². The fraction of sp³-hybridized carbons (Fsp3) is 0.647. The number of nitrogens with one attached hydrogen (secondary N) is 1. The Morgan fingerprint density at radius 1 is 1.25 bits per heavy atom. The summed E-state index contributed by atoms with van der Waals surface area (Å²) in [5.74, 6) is -0.103. The molecule has 0 radical (unpaired) electrons. The Labute approximate surface area is 143 Å². The van der Waals surface area contributed by atoms with Crippen molar-refractivity contribution in [2.24, 2.45) is 0 Å². The number of carbonyl (C=O) groups is 1. The van der Waals surface area contributed by atoms with Gasteiger partial charge in [0.15, 0.2) is 0 Å². The van der Waals surface area contributed by atoms with Crippen LogP contribution in [0, 0.1) is 0 Å². The molecular weight excluding hydrogens is 326 g/mol. The van der Waals surface area contributed by atoms with Gasteiger partial charge in [-0.3, -0.25) is 9.78 Å². The van der Waals surface area contributed by atoms with E-state index in [2.05, 4.69) is 10.3 Å². The van der Waals surface area contributed by atoms with E-state index in [1.807, 2.05) is 18.2 Å². The first-order chi connectivity index (χ1) is 11.5. The van der Waals surface area contributed by atoms with Gasteiger partial charge in [-0.2, -0.15) is 4.31 Å². The molecule has 1 amide bonds. The lowest BCUT2D eigenvalue weighted by molar-refractivity contribution is -0.119. The Kier molecular flexibility index (Phi) is 5.20. The van der Waals surface area contributed by atoms with Crippen LogP contribution < -0.4 is 5.32 Å². The molecule has 1 saturated carbocycles. The lowest BCUT2D eigenvalue weighted by Crippen LogP contribution is -2.37. The van der Waals surface area contributed by atoms with Gasteiger partial charge in [-0.15, -0.1) is 0 Å². The standard InChI is InChI=1S/C17H25N3O3S/c1-13(21)18-12-14-6-4-9-16(19-14)17-10-5-11-20(17)24(22,23)15-7-2-3-8-15/h4,6,9,15,17H,2-3,5,7-8,10-12H2,1H3,(H,18,21)/t17-/m1/s1. The van der Waals surface area contributed by atoms with E-state index in [1.54, 1.807) is 4.31 Å². The Morgan fingerprint density at radius 2 is 2.00 bits per heavy atom. The number of sulfonamides is 1. The molecule has 1 aromatic rings. The van der Waals surface area contributed by atoms with Crippen molar-refractivity contribution in [3.05, 3.63) is 29.6 Å². The number of pyridine rings is 1. The van der Waals surface area contributed by atoms with E-state index in [4.69, 9.17) is 0 Å². The Morgan fingerprint density at radius 3 is 2.71 bits per heavy atom. The fourth-order valence-corrected chi connectivity index (χ4v) is 5.98. The first-order valence-corrected chi connectivity index (χ1v) is 10.2. The average molecular weight is 351 g/mol. The van der Waals surface area contributed by atoms with E-state index in [-0.39, 0.29) is 17.2 Å². The minimum absolute atomic E-state index is 0.103. The van der Waals surface area contributed by atoms with E-state index in [9.17, 15) is 13.2 Å². The van der Waals surface area contributed by atoms with Gasteiger partial charge in [0.2, 0.25) is 15.9 Å². The third-order valence-electron chi connectivity index (χ3n) is 4.94. The zero-order chi connectivity index (χ0) is 17.2. The summed E-state index contributed by atoms with van der Waals surface area (Å²) in [5, 5.41) is 2.51. The highest BCUT2D eigenvalue weighted by Gasteiger charge is 2.41. The molecule has 1 N–H and O–H groups in total. The monoisotopic (exact) mass is 351 g/mol. The summed E-state index contributed by atoms with van der Waals surface area (Å²) in [6, 6.07) is 5.46. The number of hydrogen-bond acceptors (Lipinski definition) is 4. The molecule has 1 saturated heterocycles. The predicted molar refractivity (Wildman–Crippen MR) is 91.6 cm³/mol. The predicted octanol–water partition coefficient (Wildman–Crippen LogP) is 2.13. The molecule has 6 nitrogen and oxygen atoms in total. The topological polar surface area (TPSA) is 79.4 Å². The van der Waals surface area contributed by atoms with Crippen molar-refractivity contribution in [2.45, 2.75) is 63.3 Å². The minimum Gasteiger partial charge on any atom is -0.351 e. The van der Waals surface area contributed by atoms with Crippen LogP contribution in [-0.4, -0.2) is 35.4 Å². The molecule has 0 unspecified atom stereocenters. The SMILES string of the molecule is CC(=O)NCc1cccc([C@H]2CCCN2S(=O)(=O)C2CCCC2)n1. The highest BCUT2D eigenvalue weighted by Crippen LogP contribution is 2.37. The molecule has 2 heterocycles. The molecule has 0 aromatic carbocycles. The highest BCUT2D eigenvalue weighted by molar-refractivity contribution is 7.89. The normalized spacial score (nSPS) is 22.8. The molecule has 2 aliphatic rings. The molecular formula is C17H25N3O3S. The molecule has 0 bridgehead atoms. The quantitative estimate of drug-likeness (QED) is 0.881. The van der Waals surface area contributed by atoms with E-state index < -0.39 is 10.0 Å². The van der Waals surface area contributed by atoms with Crippen molar-refractivity contribution in [3.8, 4) is 0 Å². The Balaban J connectivity index is 1.80. The maximum Gasteiger partial charge on any atom is 0.217 e. The summed E-state index contributed by atoms with van der Waals surface area (Å²) in [6.07, 6.45) is 5.25. The van der Waals surface area contributed by atoms with Gasteiger partial charge in [-0.05, 0) is 37.8 Å². The molecule has 2 fully saturated rings. The van der Waals surface area contributed by atoms with E-state index in [1.165, 1.54) is 6.92 Å². The number of rotatable bonds is 5. The summed E-state index contributed by atoms with van der Waals surface area (Å²) in [6.45, 7) is 2.42.